The number of hydrogen-bond donors (Lipinski definition) is 2. The largest absolute Gasteiger partial charge is 0.459 e. The molecule has 21 heavy (non-hydrogen) atoms. The van der Waals surface area contributed by atoms with Crippen molar-refractivity contribution in [2.24, 2.45) is 5.73 Å². The molecule has 2 aromatic rings. The summed E-state index contributed by atoms with van der Waals surface area (Å²) in [4.78, 5) is 12.0. The zero-order valence-electron chi connectivity index (χ0n) is 12.7. The van der Waals surface area contributed by atoms with Crippen molar-refractivity contribution in [3.8, 4) is 0 Å². The van der Waals surface area contributed by atoms with Crippen LogP contribution < -0.4 is 11.1 Å². The number of halogens is 1. The quantitative estimate of drug-likeness (QED) is 0.888. The van der Waals surface area contributed by atoms with Crippen LogP contribution in [0.5, 0.6) is 0 Å². The summed E-state index contributed by atoms with van der Waals surface area (Å²) in [6, 6.07) is 7.24. The number of amides is 1. The van der Waals surface area contributed by atoms with E-state index in [0.29, 0.717) is 6.42 Å². The summed E-state index contributed by atoms with van der Waals surface area (Å²) in [5.41, 5.74) is 7.74. The summed E-state index contributed by atoms with van der Waals surface area (Å²) >= 11 is 0. The second-order valence-corrected chi connectivity index (χ2v) is 5.21. The van der Waals surface area contributed by atoms with Crippen molar-refractivity contribution in [3.63, 3.8) is 0 Å². The third-order valence-electron chi connectivity index (χ3n) is 3.57. The molecule has 0 bridgehead atoms. The summed E-state index contributed by atoms with van der Waals surface area (Å²) in [6.45, 7) is 5.94. The van der Waals surface area contributed by atoms with E-state index in [1.807, 2.05) is 45.0 Å². The van der Waals surface area contributed by atoms with Gasteiger partial charge in [0.15, 0.2) is 0 Å². The fourth-order valence-corrected chi connectivity index (χ4v) is 2.43. The molecule has 0 radical (unpaired) electrons. The molecule has 3 N–H and O–H groups in total. The van der Waals surface area contributed by atoms with E-state index < -0.39 is 6.04 Å². The molecule has 116 valence electrons. The Balaban J connectivity index is 0.00000220. The van der Waals surface area contributed by atoms with E-state index in [4.69, 9.17) is 10.2 Å². The lowest BCUT2D eigenvalue weighted by Gasteiger charge is -2.16. The smallest absolute Gasteiger partial charge is 0.237 e. The van der Waals surface area contributed by atoms with Gasteiger partial charge < -0.3 is 15.5 Å². The third kappa shape index (κ3) is 3.77. The van der Waals surface area contributed by atoms with Gasteiger partial charge in [-0.05, 0) is 26.3 Å². The Morgan fingerprint density at radius 2 is 2.05 bits per heavy atom. The number of fused-ring (bicyclic) bond motifs is 1. The number of hydrogen-bond acceptors (Lipinski definition) is 3. The lowest BCUT2D eigenvalue weighted by atomic mass is 10.1. The highest BCUT2D eigenvalue weighted by Gasteiger charge is 2.20. The zero-order valence-corrected chi connectivity index (χ0v) is 13.5. The van der Waals surface area contributed by atoms with E-state index in [2.05, 4.69) is 5.32 Å². The van der Waals surface area contributed by atoms with Gasteiger partial charge in [0.05, 0.1) is 12.1 Å². The first kappa shape index (κ1) is 17.5. The Morgan fingerprint density at radius 1 is 1.38 bits per heavy atom. The van der Waals surface area contributed by atoms with E-state index in [1.54, 1.807) is 0 Å². The number of carbonyl (C=O) groups excluding carboxylic acids is 1. The Kier molecular flexibility index (Phi) is 6.24. The third-order valence-corrected chi connectivity index (χ3v) is 3.57. The SMILES string of the molecule is CCCC(N)C(=O)NC(C)c1oc2ccccc2c1C.Cl. The van der Waals surface area contributed by atoms with Crippen LogP contribution in [0.15, 0.2) is 28.7 Å². The van der Waals surface area contributed by atoms with Crippen LogP contribution in [-0.2, 0) is 4.79 Å². The average molecular weight is 311 g/mol. The highest BCUT2D eigenvalue weighted by Crippen LogP contribution is 2.29. The zero-order chi connectivity index (χ0) is 14.7. The number of para-hydroxylation sites is 1. The molecule has 0 fully saturated rings. The standard InChI is InChI=1S/C16H22N2O2.ClH/c1-4-7-13(17)16(19)18-11(3)15-10(2)12-8-5-6-9-14(12)20-15;/h5-6,8-9,11,13H,4,7,17H2,1-3H3,(H,18,19);1H. The van der Waals surface area contributed by atoms with Crippen LogP contribution in [0.2, 0.25) is 0 Å². The van der Waals surface area contributed by atoms with Gasteiger partial charge in [-0.15, -0.1) is 12.4 Å². The van der Waals surface area contributed by atoms with Gasteiger partial charge in [0.2, 0.25) is 5.91 Å². The fraction of sp³-hybridized carbons (Fsp3) is 0.438. The first-order valence-electron chi connectivity index (χ1n) is 7.08. The maximum atomic E-state index is 12.0. The Hall–Kier alpha value is -1.52. The number of furan rings is 1. The normalized spacial score (nSPS) is 13.5. The number of nitrogens with two attached hydrogens (primary N) is 1. The number of aryl methyl sites for hydroxylation is 1. The maximum absolute atomic E-state index is 12.0. The molecule has 0 aliphatic carbocycles. The van der Waals surface area contributed by atoms with Crippen molar-refractivity contribution in [1.29, 1.82) is 0 Å². The molecule has 2 atom stereocenters. The van der Waals surface area contributed by atoms with E-state index in [9.17, 15) is 4.79 Å². The van der Waals surface area contributed by atoms with Gasteiger partial charge >= 0.3 is 0 Å². The second kappa shape index (κ2) is 7.48. The van der Waals surface area contributed by atoms with E-state index >= 15 is 0 Å². The Morgan fingerprint density at radius 3 is 2.67 bits per heavy atom. The first-order chi connectivity index (χ1) is 9.54. The van der Waals surface area contributed by atoms with Gasteiger partial charge in [0, 0.05) is 10.9 Å². The van der Waals surface area contributed by atoms with Gasteiger partial charge in [-0.3, -0.25) is 4.79 Å². The average Bonchev–Trinajstić information content (AvgIpc) is 2.77. The molecule has 0 spiro atoms. The number of carbonyl (C=O) groups is 1. The van der Waals surface area contributed by atoms with E-state index in [1.165, 1.54) is 0 Å². The van der Waals surface area contributed by atoms with Crippen molar-refractivity contribution in [3.05, 3.63) is 35.6 Å². The fourth-order valence-electron chi connectivity index (χ4n) is 2.43. The van der Waals surface area contributed by atoms with E-state index in [-0.39, 0.29) is 24.4 Å². The summed E-state index contributed by atoms with van der Waals surface area (Å²) < 4.78 is 5.85. The number of nitrogens with one attached hydrogen (secondary N) is 1. The van der Waals surface area contributed by atoms with Crippen molar-refractivity contribution in [2.45, 2.75) is 45.7 Å². The Bertz CT molecular complexity index is 609. The molecule has 0 saturated heterocycles. The molecule has 0 aliphatic rings. The van der Waals surface area contributed by atoms with Crippen molar-refractivity contribution in [1.82, 2.24) is 5.32 Å². The summed E-state index contributed by atoms with van der Waals surface area (Å²) in [7, 11) is 0. The summed E-state index contributed by atoms with van der Waals surface area (Å²) in [6.07, 6.45) is 1.59. The lowest BCUT2D eigenvalue weighted by molar-refractivity contribution is -0.123. The highest BCUT2D eigenvalue weighted by atomic mass is 35.5. The van der Waals surface area contributed by atoms with Gasteiger partial charge in [-0.25, -0.2) is 0 Å². The highest BCUT2D eigenvalue weighted by molar-refractivity contribution is 5.85. The van der Waals surface area contributed by atoms with Gasteiger partial charge in [-0.1, -0.05) is 31.5 Å². The van der Waals surface area contributed by atoms with Gasteiger partial charge in [0.25, 0.3) is 0 Å². The first-order valence-corrected chi connectivity index (χ1v) is 7.08. The molecule has 5 heteroatoms. The molecule has 4 nitrogen and oxygen atoms in total. The molecule has 0 saturated carbocycles. The molecule has 2 rings (SSSR count). The summed E-state index contributed by atoms with van der Waals surface area (Å²) in [5, 5.41) is 4.01. The number of rotatable bonds is 5. The molecular formula is C16H23ClN2O2. The van der Waals surface area contributed by atoms with Crippen LogP contribution >= 0.6 is 12.4 Å². The molecule has 1 aromatic carbocycles. The van der Waals surface area contributed by atoms with Crippen LogP contribution in [0.3, 0.4) is 0 Å². The van der Waals surface area contributed by atoms with Crippen LogP contribution in [0.25, 0.3) is 11.0 Å². The molecule has 2 unspecified atom stereocenters. The van der Waals surface area contributed by atoms with Crippen LogP contribution in [0.1, 0.15) is 44.1 Å². The molecule has 1 amide bonds. The minimum Gasteiger partial charge on any atom is -0.459 e. The molecular weight excluding hydrogens is 288 g/mol. The molecule has 1 aromatic heterocycles. The number of benzene rings is 1. The Labute approximate surface area is 131 Å². The van der Waals surface area contributed by atoms with Gasteiger partial charge in [-0.2, -0.15) is 0 Å². The van der Waals surface area contributed by atoms with E-state index in [0.717, 1.165) is 28.7 Å². The minimum absolute atomic E-state index is 0. The minimum atomic E-state index is -0.452. The second-order valence-electron chi connectivity index (χ2n) is 5.21. The summed E-state index contributed by atoms with van der Waals surface area (Å²) in [5.74, 6) is 0.669. The predicted octanol–water partition coefficient (Wildman–Crippen LogP) is 3.47. The lowest BCUT2D eigenvalue weighted by Crippen LogP contribution is -2.41. The monoisotopic (exact) mass is 310 g/mol. The molecule has 1 heterocycles. The topological polar surface area (TPSA) is 68.3 Å². The van der Waals surface area contributed by atoms with Crippen molar-refractivity contribution < 1.29 is 9.21 Å². The van der Waals surface area contributed by atoms with Crippen molar-refractivity contribution in [2.75, 3.05) is 0 Å². The predicted molar refractivity (Wildman–Crippen MR) is 87.6 cm³/mol. The molecule has 0 aliphatic heterocycles. The maximum Gasteiger partial charge on any atom is 0.237 e. The van der Waals surface area contributed by atoms with Crippen LogP contribution in [0, 0.1) is 6.92 Å². The van der Waals surface area contributed by atoms with Gasteiger partial charge in [0.1, 0.15) is 11.3 Å². The van der Waals surface area contributed by atoms with Crippen LogP contribution in [-0.4, -0.2) is 11.9 Å². The van der Waals surface area contributed by atoms with Crippen LogP contribution in [0.4, 0.5) is 0 Å². The van der Waals surface area contributed by atoms with Crippen molar-refractivity contribution >= 4 is 29.3 Å².